The molecule has 0 fully saturated rings. The largest absolute Gasteiger partial charge is 0.397 e. The highest BCUT2D eigenvalue weighted by molar-refractivity contribution is 4.35. The molecular weight excluding hydrogens is 118 g/mol. The van der Waals surface area contributed by atoms with Crippen LogP contribution in [0.3, 0.4) is 0 Å². The minimum absolute atomic E-state index is 0.244. The Morgan fingerprint density at radius 1 is 1.22 bits per heavy atom. The first-order valence-electron chi connectivity index (χ1n) is 3.25. The fourth-order valence-corrected chi connectivity index (χ4v) is 0.256. The molecule has 0 radical (unpaired) electrons. The van der Waals surface area contributed by atoms with Crippen LogP contribution >= 0.6 is 0 Å². The Balaban J connectivity index is 0. The summed E-state index contributed by atoms with van der Waals surface area (Å²) in [6, 6.07) is 0. The smallest absolute Gasteiger partial charge is 0.0555 e. The minimum atomic E-state index is 0.244. The summed E-state index contributed by atoms with van der Waals surface area (Å²) in [4.78, 5) is 0. The lowest BCUT2D eigenvalue weighted by atomic mass is 10.6. The molecule has 0 aromatic carbocycles. The molecule has 0 rings (SSSR count). The zero-order valence-corrected chi connectivity index (χ0v) is 6.22. The van der Waals surface area contributed by atoms with E-state index in [1.807, 2.05) is 6.92 Å². The molecule has 0 saturated heterocycles. The minimum Gasteiger partial charge on any atom is -0.397 e. The summed E-state index contributed by atoms with van der Waals surface area (Å²) in [6.07, 6.45) is 0. The Hall–Kier alpha value is -0.120. The van der Waals surface area contributed by atoms with E-state index in [1.54, 1.807) is 6.92 Å². The highest BCUT2D eigenvalue weighted by Crippen LogP contribution is 1.51. The van der Waals surface area contributed by atoms with E-state index in [2.05, 4.69) is 5.32 Å². The first-order valence-corrected chi connectivity index (χ1v) is 3.25. The maximum atomic E-state index is 8.13. The second-order valence-electron chi connectivity index (χ2n) is 1.39. The maximum absolute atomic E-state index is 8.13. The molecule has 0 aliphatic heterocycles. The summed E-state index contributed by atoms with van der Waals surface area (Å²) in [5, 5.41) is 18.7. The average molecular weight is 135 g/mol. The molecule has 0 aromatic heterocycles. The molecule has 0 aromatic rings. The SMILES string of the molecule is CCNCCO.CCO. The molecule has 0 aliphatic carbocycles. The zero-order chi connectivity index (χ0) is 7.54. The van der Waals surface area contributed by atoms with Crippen molar-refractivity contribution in [2.75, 3.05) is 26.3 Å². The van der Waals surface area contributed by atoms with Gasteiger partial charge in [-0.2, -0.15) is 0 Å². The van der Waals surface area contributed by atoms with Crippen LogP contribution in [0.5, 0.6) is 0 Å². The van der Waals surface area contributed by atoms with Gasteiger partial charge in [-0.1, -0.05) is 6.92 Å². The van der Waals surface area contributed by atoms with Gasteiger partial charge in [0.25, 0.3) is 0 Å². The molecule has 0 heterocycles. The predicted octanol–water partition coefficient (Wildman–Crippen LogP) is -0.413. The van der Waals surface area contributed by atoms with Gasteiger partial charge < -0.3 is 15.5 Å². The van der Waals surface area contributed by atoms with E-state index in [4.69, 9.17) is 10.2 Å². The van der Waals surface area contributed by atoms with Gasteiger partial charge in [-0.05, 0) is 13.5 Å². The van der Waals surface area contributed by atoms with Crippen molar-refractivity contribution in [3.8, 4) is 0 Å². The molecule has 9 heavy (non-hydrogen) atoms. The highest BCUT2D eigenvalue weighted by Gasteiger charge is 1.72. The number of aliphatic hydroxyl groups is 2. The van der Waals surface area contributed by atoms with Crippen LogP contribution in [-0.2, 0) is 0 Å². The van der Waals surface area contributed by atoms with Gasteiger partial charge in [0.1, 0.15) is 0 Å². The lowest BCUT2D eigenvalue weighted by Gasteiger charge is -1.91. The van der Waals surface area contributed by atoms with Gasteiger partial charge in [0.15, 0.2) is 0 Å². The zero-order valence-electron chi connectivity index (χ0n) is 6.22. The van der Waals surface area contributed by atoms with Crippen LogP contribution in [0.25, 0.3) is 0 Å². The molecule has 3 heteroatoms. The summed E-state index contributed by atoms with van der Waals surface area (Å²) in [7, 11) is 0. The quantitative estimate of drug-likeness (QED) is 0.461. The Morgan fingerprint density at radius 2 is 1.67 bits per heavy atom. The first kappa shape index (κ1) is 11.6. The molecule has 0 bridgehead atoms. The normalized spacial score (nSPS) is 8.00. The Morgan fingerprint density at radius 3 is 1.78 bits per heavy atom. The van der Waals surface area contributed by atoms with E-state index < -0.39 is 0 Å². The predicted molar refractivity (Wildman–Crippen MR) is 38.4 cm³/mol. The summed E-state index contributed by atoms with van der Waals surface area (Å²) in [5.74, 6) is 0. The van der Waals surface area contributed by atoms with Crippen LogP contribution in [-0.4, -0.2) is 36.5 Å². The third-order valence-corrected chi connectivity index (χ3v) is 0.539. The molecule has 0 atom stereocenters. The van der Waals surface area contributed by atoms with E-state index in [0.29, 0.717) is 0 Å². The molecule has 3 N–H and O–H groups in total. The number of aliphatic hydroxyl groups excluding tert-OH is 2. The monoisotopic (exact) mass is 135 g/mol. The van der Waals surface area contributed by atoms with Crippen molar-refractivity contribution in [2.45, 2.75) is 13.8 Å². The number of nitrogens with one attached hydrogen (secondary N) is 1. The number of rotatable bonds is 3. The maximum Gasteiger partial charge on any atom is 0.0555 e. The third-order valence-electron chi connectivity index (χ3n) is 0.539. The lowest BCUT2D eigenvalue weighted by molar-refractivity contribution is 0.293. The Bertz CT molecular complexity index is 30.2. The molecule has 0 amide bonds. The second kappa shape index (κ2) is 15.7. The summed E-state index contributed by atoms with van der Waals surface area (Å²) < 4.78 is 0. The van der Waals surface area contributed by atoms with Gasteiger partial charge in [-0.3, -0.25) is 0 Å². The van der Waals surface area contributed by atoms with Crippen molar-refractivity contribution in [3.63, 3.8) is 0 Å². The van der Waals surface area contributed by atoms with Gasteiger partial charge in [-0.25, -0.2) is 0 Å². The van der Waals surface area contributed by atoms with E-state index in [1.165, 1.54) is 0 Å². The van der Waals surface area contributed by atoms with Crippen LogP contribution in [0.2, 0.25) is 0 Å². The standard InChI is InChI=1S/C4H11NO.C2H6O/c1-2-5-3-4-6;1-2-3/h5-6H,2-4H2,1H3;3H,2H2,1H3. The first-order chi connectivity index (χ1) is 4.33. The number of hydrogen-bond acceptors (Lipinski definition) is 3. The Labute approximate surface area is 56.7 Å². The van der Waals surface area contributed by atoms with E-state index in [0.717, 1.165) is 13.1 Å². The molecular formula is C6H17NO2. The molecule has 58 valence electrons. The fourth-order valence-electron chi connectivity index (χ4n) is 0.256. The summed E-state index contributed by atoms with van der Waals surface area (Å²) in [5.41, 5.74) is 0. The van der Waals surface area contributed by atoms with Crippen LogP contribution in [0.4, 0.5) is 0 Å². The second-order valence-corrected chi connectivity index (χ2v) is 1.39. The van der Waals surface area contributed by atoms with Gasteiger partial charge in [0, 0.05) is 13.2 Å². The van der Waals surface area contributed by atoms with Crippen molar-refractivity contribution in [3.05, 3.63) is 0 Å². The molecule has 3 nitrogen and oxygen atoms in total. The van der Waals surface area contributed by atoms with Crippen molar-refractivity contribution < 1.29 is 10.2 Å². The summed E-state index contributed by atoms with van der Waals surface area (Å²) >= 11 is 0. The molecule has 0 spiro atoms. The van der Waals surface area contributed by atoms with Crippen molar-refractivity contribution >= 4 is 0 Å². The van der Waals surface area contributed by atoms with Gasteiger partial charge in [0.2, 0.25) is 0 Å². The van der Waals surface area contributed by atoms with Crippen LogP contribution in [0, 0.1) is 0 Å². The topological polar surface area (TPSA) is 52.5 Å². The highest BCUT2D eigenvalue weighted by atomic mass is 16.3. The molecule has 0 saturated carbocycles. The van der Waals surface area contributed by atoms with Gasteiger partial charge in [0.05, 0.1) is 6.61 Å². The van der Waals surface area contributed by atoms with Crippen LogP contribution < -0.4 is 5.32 Å². The fraction of sp³-hybridized carbons (Fsp3) is 1.00. The lowest BCUT2D eigenvalue weighted by Crippen LogP contribution is -2.16. The van der Waals surface area contributed by atoms with Crippen molar-refractivity contribution in [1.29, 1.82) is 0 Å². The van der Waals surface area contributed by atoms with E-state index >= 15 is 0 Å². The van der Waals surface area contributed by atoms with Crippen LogP contribution in [0.15, 0.2) is 0 Å². The molecule has 0 aliphatic rings. The van der Waals surface area contributed by atoms with Crippen molar-refractivity contribution in [2.24, 2.45) is 0 Å². The van der Waals surface area contributed by atoms with Gasteiger partial charge >= 0.3 is 0 Å². The number of likely N-dealkylation sites (N-methyl/N-ethyl adjacent to an activating group) is 1. The number of hydrogen-bond donors (Lipinski definition) is 3. The molecule has 0 unspecified atom stereocenters. The van der Waals surface area contributed by atoms with E-state index in [-0.39, 0.29) is 13.2 Å². The summed E-state index contributed by atoms with van der Waals surface area (Å²) in [6.45, 7) is 5.85. The van der Waals surface area contributed by atoms with E-state index in [9.17, 15) is 0 Å². The van der Waals surface area contributed by atoms with Gasteiger partial charge in [-0.15, -0.1) is 0 Å². The van der Waals surface area contributed by atoms with Crippen LogP contribution in [0.1, 0.15) is 13.8 Å². The third kappa shape index (κ3) is 32.8. The average Bonchev–Trinajstić information content (AvgIpc) is 1.86. The Kier molecular flexibility index (Phi) is 20.3. The van der Waals surface area contributed by atoms with Crippen molar-refractivity contribution in [1.82, 2.24) is 5.32 Å².